The molecular weight excluding hydrogens is 433 g/mol. The molecule has 0 radical (unpaired) electrons. The fraction of sp³-hybridized carbons (Fsp3) is 0.889. The van der Waals surface area contributed by atoms with Gasteiger partial charge in [0.05, 0.1) is 6.10 Å². The first-order valence-electron chi connectivity index (χ1n) is 9.13. The maximum absolute atomic E-state index is 11.7. The number of esters is 1. The first-order chi connectivity index (χ1) is 11.4. The number of hydrogen-bond acceptors (Lipinski definition) is 4. The lowest BCUT2D eigenvalue weighted by Crippen LogP contribution is -2.42. The van der Waals surface area contributed by atoms with Gasteiger partial charge in [0.1, 0.15) is 12.1 Å². The molecule has 25 heavy (non-hydrogen) atoms. The zero-order valence-electron chi connectivity index (χ0n) is 16.4. The van der Waals surface area contributed by atoms with Crippen molar-refractivity contribution in [2.75, 3.05) is 26.7 Å². The standard InChI is InChI=1S/C18H35N3O3.HI/c1-6-23-15(14-9-7-8-10-14)11-12-20-17(19-5)21-13-16(22)24-18(2,3)4;/h14-15H,6-13H2,1-5H3,(H2,19,20,21);1H. The molecule has 0 aliphatic heterocycles. The second kappa shape index (κ2) is 12.7. The average Bonchev–Trinajstić information content (AvgIpc) is 3.02. The van der Waals surface area contributed by atoms with Gasteiger partial charge in [-0.3, -0.25) is 9.79 Å². The van der Waals surface area contributed by atoms with Crippen molar-refractivity contribution in [1.82, 2.24) is 10.6 Å². The van der Waals surface area contributed by atoms with E-state index in [1.165, 1.54) is 25.7 Å². The largest absolute Gasteiger partial charge is 0.459 e. The summed E-state index contributed by atoms with van der Waals surface area (Å²) in [6, 6.07) is 0. The molecule has 1 unspecified atom stereocenters. The zero-order chi connectivity index (χ0) is 18.0. The minimum atomic E-state index is -0.471. The highest BCUT2D eigenvalue weighted by Crippen LogP contribution is 2.30. The van der Waals surface area contributed by atoms with Crippen LogP contribution in [-0.2, 0) is 14.3 Å². The van der Waals surface area contributed by atoms with Crippen molar-refractivity contribution in [2.45, 2.75) is 71.5 Å². The zero-order valence-corrected chi connectivity index (χ0v) is 18.7. The molecule has 6 nitrogen and oxygen atoms in total. The molecule has 0 aromatic carbocycles. The van der Waals surface area contributed by atoms with Crippen molar-refractivity contribution in [2.24, 2.45) is 10.9 Å². The number of carbonyl (C=O) groups excluding carboxylic acids is 1. The average molecular weight is 469 g/mol. The van der Waals surface area contributed by atoms with Crippen molar-refractivity contribution >= 4 is 35.9 Å². The van der Waals surface area contributed by atoms with Crippen LogP contribution in [0.15, 0.2) is 4.99 Å². The van der Waals surface area contributed by atoms with Crippen molar-refractivity contribution in [3.63, 3.8) is 0 Å². The van der Waals surface area contributed by atoms with E-state index in [2.05, 4.69) is 22.5 Å². The number of ether oxygens (including phenoxy) is 2. The maximum atomic E-state index is 11.7. The molecule has 0 saturated heterocycles. The Morgan fingerprint density at radius 3 is 2.40 bits per heavy atom. The Morgan fingerprint density at radius 2 is 1.88 bits per heavy atom. The Balaban J connectivity index is 0.00000576. The Labute approximate surface area is 169 Å². The summed E-state index contributed by atoms with van der Waals surface area (Å²) < 4.78 is 11.2. The van der Waals surface area contributed by atoms with Gasteiger partial charge in [-0.2, -0.15) is 0 Å². The Morgan fingerprint density at radius 1 is 1.24 bits per heavy atom. The van der Waals surface area contributed by atoms with E-state index in [1.807, 2.05) is 20.8 Å². The van der Waals surface area contributed by atoms with E-state index in [1.54, 1.807) is 7.05 Å². The number of carbonyl (C=O) groups is 1. The van der Waals surface area contributed by atoms with Gasteiger partial charge in [-0.1, -0.05) is 12.8 Å². The molecule has 7 heteroatoms. The van der Waals surface area contributed by atoms with Crippen molar-refractivity contribution in [1.29, 1.82) is 0 Å². The van der Waals surface area contributed by atoms with Crippen LogP contribution in [-0.4, -0.2) is 50.4 Å². The van der Waals surface area contributed by atoms with Gasteiger partial charge in [0, 0.05) is 20.2 Å². The third-order valence-corrected chi connectivity index (χ3v) is 4.07. The van der Waals surface area contributed by atoms with Gasteiger partial charge in [-0.05, 0) is 52.9 Å². The first-order valence-corrected chi connectivity index (χ1v) is 9.13. The fourth-order valence-corrected chi connectivity index (χ4v) is 3.09. The first kappa shape index (κ1) is 24.4. The molecule has 0 aromatic rings. The summed E-state index contributed by atoms with van der Waals surface area (Å²) in [6.07, 6.45) is 6.45. The molecule has 1 aliphatic rings. The van der Waals surface area contributed by atoms with E-state index < -0.39 is 5.60 Å². The van der Waals surface area contributed by atoms with E-state index in [-0.39, 0.29) is 36.5 Å². The van der Waals surface area contributed by atoms with Crippen LogP contribution in [0.3, 0.4) is 0 Å². The van der Waals surface area contributed by atoms with Gasteiger partial charge < -0.3 is 20.1 Å². The van der Waals surface area contributed by atoms with Gasteiger partial charge in [0.15, 0.2) is 5.96 Å². The molecule has 1 fully saturated rings. The van der Waals surface area contributed by atoms with E-state index in [0.717, 1.165) is 19.6 Å². The van der Waals surface area contributed by atoms with Crippen LogP contribution in [0.25, 0.3) is 0 Å². The second-order valence-corrected chi connectivity index (χ2v) is 7.27. The van der Waals surface area contributed by atoms with Gasteiger partial charge in [0.25, 0.3) is 0 Å². The highest BCUT2D eigenvalue weighted by molar-refractivity contribution is 14.0. The lowest BCUT2D eigenvalue weighted by Gasteiger charge is -2.24. The Hall–Kier alpha value is -0.570. The molecule has 0 amide bonds. The lowest BCUT2D eigenvalue weighted by atomic mass is 9.98. The number of halogens is 1. The summed E-state index contributed by atoms with van der Waals surface area (Å²) in [7, 11) is 1.70. The van der Waals surface area contributed by atoms with Crippen molar-refractivity contribution < 1.29 is 14.3 Å². The van der Waals surface area contributed by atoms with Gasteiger partial charge in [-0.15, -0.1) is 24.0 Å². The summed E-state index contributed by atoms with van der Waals surface area (Å²) in [5.74, 6) is 1.01. The summed E-state index contributed by atoms with van der Waals surface area (Å²) in [4.78, 5) is 15.9. The molecule has 1 saturated carbocycles. The molecule has 1 rings (SSSR count). The lowest BCUT2D eigenvalue weighted by molar-refractivity contribution is -0.153. The molecule has 148 valence electrons. The highest BCUT2D eigenvalue weighted by Gasteiger charge is 2.25. The number of hydrogen-bond donors (Lipinski definition) is 2. The van der Waals surface area contributed by atoms with Gasteiger partial charge >= 0.3 is 5.97 Å². The molecule has 1 atom stereocenters. The molecular formula is C18H36IN3O3. The van der Waals surface area contributed by atoms with Crippen molar-refractivity contribution in [3.05, 3.63) is 0 Å². The predicted molar refractivity (Wildman–Crippen MR) is 113 cm³/mol. The predicted octanol–water partition coefficient (Wildman–Crippen LogP) is 3.10. The maximum Gasteiger partial charge on any atom is 0.325 e. The van der Waals surface area contributed by atoms with Gasteiger partial charge in [-0.25, -0.2) is 0 Å². The second-order valence-electron chi connectivity index (χ2n) is 7.27. The van der Waals surface area contributed by atoms with E-state index in [0.29, 0.717) is 18.0 Å². The Kier molecular flexibility index (Phi) is 12.4. The van der Waals surface area contributed by atoms with E-state index in [9.17, 15) is 4.79 Å². The fourth-order valence-electron chi connectivity index (χ4n) is 3.09. The summed E-state index contributed by atoms with van der Waals surface area (Å²) in [5.41, 5.74) is -0.471. The number of aliphatic imine (C=N–C) groups is 1. The third kappa shape index (κ3) is 10.9. The number of nitrogens with one attached hydrogen (secondary N) is 2. The molecule has 2 N–H and O–H groups in total. The van der Waals surface area contributed by atoms with E-state index in [4.69, 9.17) is 9.47 Å². The quantitative estimate of drug-likeness (QED) is 0.248. The van der Waals surface area contributed by atoms with Gasteiger partial charge in [0.2, 0.25) is 0 Å². The molecule has 0 heterocycles. The normalized spacial score (nSPS) is 16.9. The molecule has 0 bridgehead atoms. The molecule has 0 spiro atoms. The van der Waals surface area contributed by atoms with Crippen LogP contribution in [0, 0.1) is 5.92 Å². The third-order valence-electron chi connectivity index (χ3n) is 4.07. The minimum Gasteiger partial charge on any atom is -0.459 e. The minimum absolute atomic E-state index is 0. The summed E-state index contributed by atoms with van der Waals surface area (Å²) in [6.45, 7) is 9.26. The highest BCUT2D eigenvalue weighted by atomic mass is 127. The SMILES string of the molecule is CCOC(CCNC(=NC)NCC(=O)OC(C)(C)C)C1CCCC1.I. The molecule has 1 aliphatic carbocycles. The number of rotatable bonds is 8. The number of guanidine groups is 1. The summed E-state index contributed by atoms with van der Waals surface area (Å²) in [5, 5.41) is 6.24. The number of nitrogens with zero attached hydrogens (tertiary/aromatic N) is 1. The van der Waals surface area contributed by atoms with Crippen LogP contribution in [0.1, 0.15) is 59.8 Å². The molecule has 0 aromatic heterocycles. The van der Waals surface area contributed by atoms with Crippen LogP contribution < -0.4 is 10.6 Å². The Bertz CT molecular complexity index is 405. The van der Waals surface area contributed by atoms with Crippen LogP contribution in [0.4, 0.5) is 0 Å². The summed E-state index contributed by atoms with van der Waals surface area (Å²) >= 11 is 0. The smallest absolute Gasteiger partial charge is 0.325 e. The van der Waals surface area contributed by atoms with Crippen molar-refractivity contribution in [3.8, 4) is 0 Å². The van der Waals surface area contributed by atoms with Crippen LogP contribution in [0.5, 0.6) is 0 Å². The van der Waals surface area contributed by atoms with E-state index >= 15 is 0 Å². The monoisotopic (exact) mass is 469 g/mol. The van der Waals surface area contributed by atoms with Crippen LogP contribution >= 0.6 is 24.0 Å². The topological polar surface area (TPSA) is 72.0 Å². The van der Waals surface area contributed by atoms with Crippen LogP contribution in [0.2, 0.25) is 0 Å².